The summed E-state index contributed by atoms with van der Waals surface area (Å²) in [5.74, 6) is 0. The van der Waals surface area contributed by atoms with Gasteiger partial charge >= 0.3 is 0 Å². The summed E-state index contributed by atoms with van der Waals surface area (Å²) in [5, 5.41) is 4.07. The van der Waals surface area contributed by atoms with E-state index in [1.165, 1.54) is 11.3 Å². The van der Waals surface area contributed by atoms with E-state index in [2.05, 4.69) is 9.82 Å². The van der Waals surface area contributed by atoms with E-state index in [-0.39, 0.29) is 10.8 Å². The van der Waals surface area contributed by atoms with Gasteiger partial charge < -0.3 is 5.73 Å². The lowest BCUT2D eigenvalue weighted by Crippen LogP contribution is -2.22. The van der Waals surface area contributed by atoms with Crippen LogP contribution in [0.3, 0.4) is 0 Å². The Labute approximate surface area is 116 Å². The third-order valence-electron chi connectivity index (χ3n) is 2.89. The molecule has 0 bridgehead atoms. The smallest absolute Gasteiger partial charge is 0.250 e. The second-order valence-corrected chi connectivity index (χ2v) is 7.29. The zero-order valence-electron chi connectivity index (χ0n) is 10.8. The van der Waals surface area contributed by atoms with Crippen LogP contribution in [0.5, 0.6) is 0 Å². The maximum Gasteiger partial charge on any atom is 0.250 e. The number of sulfonamides is 1. The van der Waals surface area contributed by atoms with Crippen molar-refractivity contribution < 1.29 is 8.42 Å². The molecule has 0 fully saturated rings. The highest BCUT2D eigenvalue weighted by Gasteiger charge is 2.17. The lowest BCUT2D eigenvalue weighted by Gasteiger charge is -2.04. The van der Waals surface area contributed by atoms with Crippen molar-refractivity contribution in [2.24, 2.45) is 12.8 Å². The van der Waals surface area contributed by atoms with Gasteiger partial charge in [-0.2, -0.15) is 5.10 Å². The first-order chi connectivity index (χ1) is 8.94. The van der Waals surface area contributed by atoms with Crippen LogP contribution in [0, 0.1) is 6.92 Å². The van der Waals surface area contributed by atoms with Crippen LogP contribution in [0.2, 0.25) is 0 Å². The van der Waals surface area contributed by atoms with Gasteiger partial charge in [0.1, 0.15) is 4.21 Å². The molecule has 0 unspecified atom stereocenters. The molecule has 2 aromatic heterocycles. The van der Waals surface area contributed by atoms with Crippen LogP contribution in [0.1, 0.15) is 16.1 Å². The normalized spacial score (nSPS) is 11.9. The summed E-state index contributed by atoms with van der Waals surface area (Å²) < 4.78 is 28.7. The van der Waals surface area contributed by atoms with Crippen molar-refractivity contribution >= 4 is 21.4 Å². The van der Waals surface area contributed by atoms with Crippen LogP contribution < -0.4 is 10.5 Å². The minimum Gasteiger partial charge on any atom is -0.326 e. The van der Waals surface area contributed by atoms with Crippen LogP contribution in [-0.4, -0.2) is 18.2 Å². The Balaban J connectivity index is 2.11. The molecule has 0 saturated carbocycles. The highest BCUT2D eigenvalue weighted by atomic mass is 32.2. The first kappa shape index (κ1) is 14.2. The van der Waals surface area contributed by atoms with Crippen molar-refractivity contribution in [3.05, 3.63) is 34.5 Å². The minimum absolute atomic E-state index is 0.234. The number of rotatable bonds is 5. The maximum atomic E-state index is 12.1. The maximum absolute atomic E-state index is 12.1. The van der Waals surface area contributed by atoms with E-state index in [0.717, 1.165) is 16.1 Å². The first-order valence-corrected chi connectivity index (χ1v) is 8.00. The number of thiophene rings is 1. The molecule has 2 aromatic rings. The molecular weight excluding hydrogens is 284 g/mol. The van der Waals surface area contributed by atoms with Crippen LogP contribution in [0.4, 0.5) is 0 Å². The van der Waals surface area contributed by atoms with Crippen molar-refractivity contribution in [2.75, 3.05) is 0 Å². The lowest BCUT2D eigenvalue weighted by molar-refractivity contribution is 0.583. The van der Waals surface area contributed by atoms with E-state index >= 15 is 0 Å². The number of aromatic nitrogens is 2. The summed E-state index contributed by atoms with van der Waals surface area (Å²) in [6.07, 6.45) is 1.66. The van der Waals surface area contributed by atoms with Crippen LogP contribution in [0.15, 0.2) is 22.5 Å². The highest BCUT2D eigenvalue weighted by molar-refractivity contribution is 7.91. The molecule has 3 N–H and O–H groups in total. The van der Waals surface area contributed by atoms with E-state index in [9.17, 15) is 8.42 Å². The Morgan fingerprint density at radius 2 is 2.21 bits per heavy atom. The second-order valence-electron chi connectivity index (χ2n) is 4.13. The molecule has 0 aliphatic rings. The summed E-state index contributed by atoms with van der Waals surface area (Å²) in [4.78, 5) is 0.845. The number of nitrogens with one attached hydrogen (secondary N) is 1. The van der Waals surface area contributed by atoms with E-state index in [1.807, 2.05) is 14.0 Å². The number of aryl methyl sites for hydroxylation is 1. The van der Waals surface area contributed by atoms with Crippen molar-refractivity contribution in [3.8, 4) is 0 Å². The third kappa shape index (κ3) is 3.03. The van der Waals surface area contributed by atoms with Crippen LogP contribution >= 0.6 is 11.3 Å². The van der Waals surface area contributed by atoms with Crippen molar-refractivity contribution in [1.82, 2.24) is 14.5 Å². The Morgan fingerprint density at radius 3 is 2.74 bits per heavy atom. The molecule has 0 amide bonds. The predicted molar refractivity (Wildman–Crippen MR) is 74.2 cm³/mol. The molecule has 0 atom stereocenters. The molecule has 0 aromatic carbocycles. The second kappa shape index (κ2) is 5.41. The van der Waals surface area contributed by atoms with E-state index < -0.39 is 10.0 Å². The molecule has 8 heteroatoms. The molecule has 2 heterocycles. The highest BCUT2D eigenvalue weighted by Crippen LogP contribution is 2.21. The monoisotopic (exact) mass is 300 g/mol. The average molecular weight is 300 g/mol. The third-order valence-corrected chi connectivity index (χ3v) is 5.89. The summed E-state index contributed by atoms with van der Waals surface area (Å²) >= 11 is 1.19. The van der Waals surface area contributed by atoms with Gasteiger partial charge in [-0.3, -0.25) is 4.68 Å². The van der Waals surface area contributed by atoms with Crippen LogP contribution in [-0.2, 0) is 30.2 Å². The largest absolute Gasteiger partial charge is 0.326 e. The van der Waals surface area contributed by atoms with E-state index in [4.69, 9.17) is 5.73 Å². The molecule has 0 radical (unpaired) electrons. The Hall–Kier alpha value is -1.22. The first-order valence-electron chi connectivity index (χ1n) is 5.70. The number of hydrogen-bond donors (Lipinski definition) is 2. The fraction of sp³-hybridized carbons (Fsp3) is 0.364. The molecule has 0 saturated heterocycles. The van der Waals surface area contributed by atoms with Gasteiger partial charge in [0.15, 0.2) is 0 Å². The van der Waals surface area contributed by atoms with Gasteiger partial charge in [0.2, 0.25) is 10.0 Å². The fourth-order valence-electron chi connectivity index (χ4n) is 1.57. The SMILES string of the molecule is Cc1c(CNS(=O)(=O)c2ccc(CN)s2)cnn1C. The van der Waals surface area contributed by atoms with Gasteiger partial charge in [0.25, 0.3) is 0 Å². The lowest BCUT2D eigenvalue weighted by atomic mass is 10.3. The molecule has 104 valence electrons. The fourth-order valence-corrected chi connectivity index (χ4v) is 3.86. The summed E-state index contributed by atoms with van der Waals surface area (Å²) in [6, 6.07) is 3.31. The van der Waals surface area contributed by atoms with Crippen LogP contribution in [0.25, 0.3) is 0 Å². The zero-order valence-corrected chi connectivity index (χ0v) is 12.4. The van der Waals surface area contributed by atoms with Gasteiger partial charge in [-0.1, -0.05) is 0 Å². The average Bonchev–Trinajstić information content (AvgIpc) is 2.97. The summed E-state index contributed by atoms with van der Waals surface area (Å²) in [5.41, 5.74) is 7.28. The van der Waals surface area contributed by atoms with E-state index in [0.29, 0.717) is 6.54 Å². The number of hydrogen-bond acceptors (Lipinski definition) is 5. The zero-order chi connectivity index (χ0) is 14.0. The van der Waals surface area contributed by atoms with Gasteiger partial charge in [-0.25, -0.2) is 13.1 Å². The van der Waals surface area contributed by atoms with Gasteiger partial charge in [-0.15, -0.1) is 11.3 Å². The number of nitrogens with zero attached hydrogens (tertiary/aromatic N) is 2. The molecular formula is C11H16N4O2S2. The summed E-state index contributed by atoms with van der Waals surface area (Å²) in [6.45, 7) is 2.48. The van der Waals surface area contributed by atoms with E-state index in [1.54, 1.807) is 23.0 Å². The Bertz CT molecular complexity index is 673. The number of nitrogens with two attached hydrogens (primary N) is 1. The Kier molecular flexibility index (Phi) is 4.04. The molecule has 2 rings (SSSR count). The van der Waals surface area contributed by atoms with Gasteiger partial charge in [0.05, 0.1) is 6.20 Å². The quantitative estimate of drug-likeness (QED) is 0.851. The van der Waals surface area contributed by atoms with Gasteiger partial charge in [-0.05, 0) is 19.1 Å². The topological polar surface area (TPSA) is 90.0 Å². The molecule has 0 aliphatic carbocycles. The molecule has 6 nitrogen and oxygen atoms in total. The minimum atomic E-state index is -3.48. The van der Waals surface area contributed by atoms with Crippen molar-refractivity contribution in [3.63, 3.8) is 0 Å². The Morgan fingerprint density at radius 1 is 1.47 bits per heavy atom. The van der Waals surface area contributed by atoms with Gasteiger partial charge in [0, 0.05) is 36.3 Å². The molecule has 0 spiro atoms. The molecule has 0 aliphatic heterocycles. The molecule has 19 heavy (non-hydrogen) atoms. The standard InChI is InChI=1S/C11H16N4O2S2/c1-8-9(6-13-15(8)2)7-14-19(16,17)11-4-3-10(5-12)18-11/h3-4,6,14H,5,7,12H2,1-2H3. The van der Waals surface area contributed by atoms with Crippen molar-refractivity contribution in [1.29, 1.82) is 0 Å². The summed E-state index contributed by atoms with van der Waals surface area (Å²) in [7, 11) is -1.66. The van der Waals surface area contributed by atoms with Crippen molar-refractivity contribution in [2.45, 2.75) is 24.2 Å². The predicted octanol–water partition coefficient (Wildman–Crippen LogP) is 0.727.